The van der Waals surface area contributed by atoms with Gasteiger partial charge in [0.05, 0.1) is 24.6 Å². The highest BCUT2D eigenvalue weighted by molar-refractivity contribution is 5.87. The first kappa shape index (κ1) is 11.2. The normalized spacial score (nSPS) is 23.8. The van der Waals surface area contributed by atoms with Crippen molar-refractivity contribution in [1.82, 2.24) is 14.5 Å². The molecule has 7 heteroatoms. The number of nitrogens with zero attached hydrogens (tertiary/aromatic N) is 3. The molecule has 0 bridgehead atoms. The van der Waals surface area contributed by atoms with Crippen LogP contribution in [0.15, 0.2) is 12.4 Å². The Balaban J connectivity index is 2.03. The minimum atomic E-state index is -0.131. The molecule has 2 atom stereocenters. The van der Waals surface area contributed by atoms with Crippen molar-refractivity contribution >= 4 is 22.7 Å². The SMILES string of the molecule is Nc1cc2c(ncn2[C@H]2CC[C@@H](CO)O2)c(N)n1. The number of ether oxygens (including phenoxy) is 1. The molecule has 1 saturated heterocycles. The van der Waals surface area contributed by atoms with Crippen molar-refractivity contribution in [2.45, 2.75) is 25.2 Å². The van der Waals surface area contributed by atoms with E-state index < -0.39 is 0 Å². The predicted octanol–water partition coefficient (Wildman–Crippen LogP) is 0.266. The molecule has 2 aromatic heterocycles. The van der Waals surface area contributed by atoms with Gasteiger partial charge in [-0.2, -0.15) is 0 Å². The van der Waals surface area contributed by atoms with Crippen LogP contribution in [0.3, 0.4) is 0 Å². The van der Waals surface area contributed by atoms with E-state index in [4.69, 9.17) is 21.3 Å². The van der Waals surface area contributed by atoms with E-state index in [0.717, 1.165) is 18.4 Å². The van der Waals surface area contributed by atoms with Gasteiger partial charge in [0.15, 0.2) is 5.82 Å². The molecular weight excluding hydrogens is 234 g/mol. The summed E-state index contributed by atoms with van der Waals surface area (Å²) < 4.78 is 7.60. The Morgan fingerprint density at radius 2 is 2.28 bits per heavy atom. The fraction of sp³-hybridized carbons (Fsp3) is 0.455. The van der Waals surface area contributed by atoms with E-state index in [1.54, 1.807) is 12.4 Å². The maximum atomic E-state index is 9.08. The Morgan fingerprint density at radius 1 is 1.44 bits per heavy atom. The summed E-state index contributed by atoms with van der Waals surface area (Å²) in [5.74, 6) is 0.680. The standard InChI is InChI=1S/C11H15N5O2/c12-8-3-7-10(11(13)15-8)14-5-16(7)9-2-1-6(4-17)18-9/h3,5-6,9,17H,1-2,4H2,(H4,12,13,15)/t6-,9+/m0/s1. The van der Waals surface area contributed by atoms with Crippen molar-refractivity contribution in [3.05, 3.63) is 12.4 Å². The number of hydrogen-bond acceptors (Lipinski definition) is 6. The molecule has 7 nitrogen and oxygen atoms in total. The Labute approximate surface area is 103 Å². The van der Waals surface area contributed by atoms with Crippen LogP contribution in [0.1, 0.15) is 19.1 Å². The quantitative estimate of drug-likeness (QED) is 0.704. The third kappa shape index (κ3) is 1.68. The fourth-order valence-electron chi connectivity index (χ4n) is 2.33. The summed E-state index contributed by atoms with van der Waals surface area (Å²) in [5, 5.41) is 9.08. The Bertz CT molecular complexity index is 582. The summed E-state index contributed by atoms with van der Waals surface area (Å²) in [7, 11) is 0. The van der Waals surface area contributed by atoms with Gasteiger partial charge in [0, 0.05) is 6.07 Å². The molecule has 1 aliphatic heterocycles. The highest BCUT2D eigenvalue weighted by Gasteiger charge is 2.27. The molecule has 0 radical (unpaired) electrons. The van der Waals surface area contributed by atoms with Gasteiger partial charge in [-0.1, -0.05) is 0 Å². The summed E-state index contributed by atoms with van der Waals surface area (Å²) >= 11 is 0. The maximum Gasteiger partial charge on any atom is 0.154 e. The van der Waals surface area contributed by atoms with Gasteiger partial charge in [-0.05, 0) is 12.8 Å². The van der Waals surface area contributed by atoms with Crippen LogP contribution in [0.5, 0.6) is 0 Å². The molecule has 0 aliphatic carbocycles. The molecular formula is C11H15N5O2. The lowest BCUT2D eigenvalue weighted by atomic mass is 10.2. The van der Waals surface area contributed by atoms with Gasteiger partial charge in [0.1, 0.15) is 17.6 Å². The number of fused-ring (bicyclic) bond motifs is 1. The predicted molar refractivity (Wildman–Crippen MR) is 66.6 cm³/mol. The van der Waals surface area contributed by atoms with E-state index >= 15 is 0 Å². The first-order chi connectivity index (χ1) is 8.69. The average Bonchev–Trinajstić information content (AvgIpc) is 2.93. The summed E-state index contributed by atoms with van der Waals surface area (Å²) in [6.07, 6.45) is 3.10. The highest BCUT2D eigenvalue weighted by atomic mass is 16.5. The van der Waals surface area contributed by atoms with Gasteiger partial charge in [-0.15, -0.1) is 0 Å². The summed E-state index contributed by atoms with van der Waals surface area (Å²) in [4.78, 5) is 8.20. The number of pyridine rings is 1. The van der Waals surface area contributed by atoms with E-state index in [2.05, 4.69) is 9.97 Å². The number of hydrogen-bond donors (Lipinski definition) is 3. The molecule has 0 saturated carbocycles. The van der Waals surface area contributed by atoms with E-state index in [9.17, 15) is 0 Å². The Morgan fingerprint density at radius 3 is 3.00 bits per heavy atom. The number of imidazole rings is 1. The lowest BCUT2D eigenvalue weighted by molar-refractivity contribution is -0.0204. The van der Waals surface area contributed by atoms with Gasteiger partial charge in [-0.25, -0.2) is 9.97 Å². The van der Waals surface area contributed by atoms with Gasteiger partial charge < -0.3 is 25.9 Å². The number of anilines is 2. The van der Waals surface area contributed by atoms with Gasteiger partial charge in [-0.3, -0.25) is 0 Å². The lowest BCUT2D eigenvalue weighted by Crippen LogP contribution is -2.14. The van der Waals surface area contributed by atoms with Crippen molar-refractivity contribution in [2.24, 2.45) is 0 Å². The van der Waals surface area contributed by atoms with Crippen molar-refractivity contribution in [3.63, 3.8) is 0 Å². The monoisotopic (exact) mass is 249 g/mol. The minimum absolute atomic E-state index is 0.0367. The number of rotatable bonds is 2. The second kappa shape index (κ2) is 4.11. The van der Waals surface area contributed by atoms with Crippen LogP contribution in [0, 0.1) is 0 Å². The summed E-state index contributed by atoms with van der Waals surface area (Å²) in [6.45, 7) is 0.0367. The average molecular weight is 249 g/mol. The maximum absolute atomic E-state index is 9.08. The largest absolute Gasteiger partial charge is 0.394 e. The first-order valence-electron chi connectivity index (χ1n) is 5.84. The smallest absolute Gasteiger partial charge is 0.154 e. The zero-order chi connectivity index (χ0) is 12.7. The van der Waals surface area contributed by atoms with Crippen LogP contribution < -0.4 is 11.5 Å². The Kier molecular flexibility index (Phi) is 2.57. The molecule has 0 spiro atoms. The number of aromatic nitrogens is 3. The summed E-state index contributed by atoms with van der Waals surface area (Å²) in [5.41, 5.74) is 12.9. The molecule has 1 aliphatic rings. The van der Waals surface area contributed by atoms with Crippen molar-refractivity contribution in [1.29, 1.82) is 0 Å². The topological polar surface area (TPSA) is 112 Å². The van der Waals surface area contributed by atoms with Gasteiger partial charge in [0.25, 0.3) is 0 Å². The summed E-state index contributed by atoms with van der Waals surface area (Å²) in [6, 6.07) is 1.73. The minimum Gasteiger partial charge on any atom is -0.394 e. The molecule has 0 amide bonds. The Hall–Kier alpha value is -1.86. The third-order valence-electron chi connectivity index (χ3n) is 3.21. The molecule has 96 valence electrons. The van der Waals surface area contributed by atoms with Crippen molar-refractivity contribution in [3.8, 4) is 0 Å². The van der Waals surface area contributed by atoms with Gasteiger partial charge in [0.2, 0.25) is 0 Å². The van der Waals surface area contributed by atoms with Crippen molar-refractivity contribution < 1.29 is 9.84 Å². The second-order valence-corrected chi connectivity index (χ2v) is 4.42. The first-order valence-corrected chi connectivity index (χ1v) is 5.84. The van der Waals surface area contributed by atoms with Crippen molar-refractivity contribution in [2.75, 3.05) is 18.1 Å². The molecule has 3 heterocycles. The zero-order valence-corrected chi connectivity index (χ0v) is 9.78. The van der Waals surface area contributed by atoms with E-state index in [0.29, 0.717) is 17.2 Å². The van der Waals surface area contributed by atoms with E-state index in [1.807, 2.05) is 4.57 Å². The molecule has 3 rings (SSSR count). The molecule has 2 aromatic rings. The van der Waals surface area contributed by atoms with Crippen LogP contribution >= 0.6 is 0 Å². The number of nitrogen functional groups attached to an aromatic ring is 2. The number of nitrogens with two attached hydrogens (primary N) is 2. The van der Waals surface area contributed by atoms with Crippen LogP contribution in [-0.2, 0) is 4.74 Å². The van der Waals surface area contributed by atoms with E-state index in [1.165, 1.54) is 0 Å². The fourth-order valence-corrected chi connectivity index (χ4v) is 2.33. The zero-order valence-electron chi connectivity index (χ0n) is 9.78. The highest BCUT2D eigenvalue weighted by Crippen LogP contribution is 2.31. The van der Waals surface area contributed by atoms with E-state index in [-0.39, 0.29) is 18.9 Å². The lowest BCUT2D eigenvalue weighted by Gasteiger charge is -2.14. The number of aliphatic hydroxyl groups is 1. The van der Waals surface area contributed by atoms with Crippen LogP contribution in [0.4, 0.5) is 11.6 Å². The molecule has 0 unspecified atom stereocenters. The molecule has 5 N–H and O–H groups in total. The third-order valence-corrected chi connectivity index (χ3v) is 3.21. The van der Waals surface area contributed by atoms with Crippen LogP contribution in [0.2, 0.25) is 0 Å². The number of aliphatic hydroxyl groups excluding tert-OH is 1. The van der Waals surface area contributed by atoms with Crippen LogP contribution in [0.25, 0.3) is 11.0 Å². The molecule has 18 heavy (non-hydrogen) atoms. The van der Waals surface area contributed by atoms with Crippen LogP contribution in [-0.4, -0.2) is 32.4 Å². The molecule has 0 aromatic carbocycles. The second-order valence-electron chi connectivity index (χ2n) is 4.42. The van der Waals surface area contributed by atoms with Gasteiger partial charge >= 0.3 is 0 Å². The molecule has 1 fully saturated rings.